The van der Waals surface area contributed by atoms with Crippen LogP contribution in [-0.2, 0) is 11.3 Å². The van der Waals surface area contributed by atoms with Crippen molar-refractivity contribution in [3.63, 3.8) is 0 Å². The topological polar surface area (TPSA) is 52.8 Å². The van der Waals surface area contributed by atoms with E-state index in [1.54, 1.807) is 4.68 Å². The molecular formula is C10H17ClN4O. The third-order valence-electron chi connectivity index (χ3n) is 2.85. The molecule has 1 aliphatic heterocycles. The molecule has 0 bridgehead atoms. The zero-order valence-corrected chi connectivity index (χ0v) is 10.2. The molecule has 2 unspecified atom stereocenters. The van der Waals surface area contributed by atoms with Crippen LogP contribution in [0.1, 0.15) is 43.8 Å². The first-order chi connectivity index (χ1) is 7.77. The smallest absolute Gasteiger partial charge is 0.168 e. The maximum absolute atomic E-state index is 5.98. The van der Waals surface area contributed by atoms with E-state index in [1.807, 2.05) is 6.92 Å². The van der Waals surface area contributed by atoms with Crippen molar-refractivity contribution < 1.29 is 4.74 Å². The minimum absolute atomic E-state index is 0.151. The average Bonchev–Trinajstić information content (AvgIpc) is 2.76. The summed E-state index contributed by atoms with van der Waals surface area (Å²) in [6.07, 6.45) is 4.91. The minimum atomic E-state index is -0.151. The average molecular weight is 245 g/mol. The van der Waals surface area contributed by atoms with Gasteiger partial charge in [-0.25, -0.2) is 4.68 Å². The van der Waals surface area contributed by atoms with Crippen LogP contribution in [-0.4, -0.2) is 32.9 Å². The zero-order valence-electron chi connectivity index (χ0n) is 9.47. The van der Waals surface area contributed by atoms with Gasteiger partial charge in [0, 0.05) is 13.2 Å². The predicted octanol–water partition coefficient (Wildman–Crippen LogP) is 1.93. The Kier molecular flexibility index (Phi) is 4.12. The molecule has 0 N–H and O–H groups in total. The largest absolute Gasteiger partial charge is 0.378 e. The second-order valence-electron chi connectivity index (χ2n) is 4.15. The van der Waals surface area contributed by atoms with E-state index in [4.69, 9.17) is 16.3 Å². The van der Waals surface area contributed by atoms with Crippen molar-refractivity contribution in [2.24, 2.45) is 0 Å². The third kappa shape index (κ3) is 2.92. The standard InChI is InChI=1S/C10H17ClN4O/c1-8(11)10-12-13-14-15(10)6-5-9-4-2-3-7-16-9/h8-9H,2-7H2,1H3. The first-order valence-corrected chi connectivity index (χ1v) is 6.22. The number of alkyl halides is 1. The number of hydrogen-bond donors (Lipinski definition) is 0. The second kappa shape index (κ2) is 5.59. The highest BCUT2D eigenvalue weighted by Gasteiger charge is 2.16. The number of halogens is 1. The van der Waals surface area contributed by atoms with Gasteiger partial charge in [-0.3, -0.25) is 0 Å². The number of ether oxygens (including phenoxy) is 1. The van der Waals surface area contributed by atoms with Crippen LogP contribution in [0.2, 0.25) is 0 Å². The summed E-state index contributed by atoms with van der Waals surface area (Å²) in [6.45, 7) is 3.55. The number of aryl methyl sites for hydroxylation is 1. The Bertz CT molecular complexity index is 322. The van der Waals surface area contributed by atoms with E-state index in [1.165, 1.54) is 12.8 Å². The van der Waals surface area contributed by atoms with E-state index < -0.39 is 0 Å². The Labute approximate surface area is 100 Å². The summed E-state index contributed by atoms with van der Waals surface area (Å²) in [4.78, 5) is 0. The van der Waals surface area contributed by atoms with Crippen molar-refractivity contribution in [3.8, 4) is 0 Å². The molecule has 5 nitrogen and oxygen atoms in total. The van der Waals surface area contributed by atoms with E-state index in [9.17, 15) is 0 Å². The number of aromatic nitrogens is 4. The summed E-state index contributed by atoms with van der Waals surface area (Å²) >= 11 is 5.98. The van der Waals surface area contributed by atoms with E-state index in [2.05, 4.69) is 15.5 Å². The molecule has 2 atom stereocenters. The highest BCUT2D eigenvalue weighted by Crippen LogP contribution is 2.18. The Balaban J connectivity index is 1.86. The quantitative estimate of drug-likeness (QED) is 0.760. The molecule has 1 fully saturated rings. The molecule has 2 rings (SSSR count). The third-order valence-corrected chi connectivity index (χ3v) is 3.05. The summed E-state index contributed by atoms with van der Waals surface area (Å²) in [5.41, 5.74) is 0. The molecule has 1 saturated heterocycles. The van der Waals surface area contributed by atoms with Crippen molar-refractivity contribution in [2.45, 2.75) is 50.6 Å². The minimum Gasteiger partial charge on any atom is -0.378 e. The van der Waals surface area contributed by atoms with Gasteiger partial charge in [-0.15, -0.1) is 16.7 Å². The molecule has 2 heterocycles. The Morgan fingerprint density at radius 3 is 3.12 bits per heavy atom. The first kappa shape index (κ1) is 11.8. The van der Waals surface area contributed by atoms with Crippen LogP contribution in [0.3, 0.4) is 0 Å². The van der Waals surface area contributed by atoms with Gasteiger partial charge in [0.1, 0.15) is 0 Å². The summed E-state index contributed by atoms with van der Waals surface area (Å²) in [6, 6.07) is 0. The monoisotopic (exact) mass is 244 g/mol. The summed E-state index contributed by atoms with van der Waals surface area (Å²) < 4.78 is 7.44. The first-order valence-electron chi connectivity index (χ1n) is 5.79. The van der Waals surface area contributed by atoms with Crippen LogP contribution in [0.4, 0.5) is 0 Å². The molecule has 6 heteroatoms. The lowest BCUT2D eigenvalue weighted by Crippen LogP contribution is -2.21. The number of hydrogen-bond acceptors (Lipinski definition) is 4. The van der Waals surface area contributed by atoms with Gasteiger partial charge in [0.25, 0.3) is 0 Å². The molecule has 0 amide bonds. The summed E-state index contributed by atoms with van der Waals surface area (Å²) in [7, 11) is 0. The van der Waals surface area contributed by atoms with Crippen LogP contribution in [0, 0.1) is 0 Å². The van der Waals surface area contributed by atoms with Gasteiger partial charge in [0.15, 0.2) is 5.82 Å². The van der Waals surface area contributed by atoms with E-state index in [-0.39, 0.29) is 5.38 Å². The number of rotatable bonds is 4. The summed E-state index contributed by atoms with van der Waals surface area (Å²) in [5.74, 6) is 0.734. The maximum atomic E-state index is 5.98. The summed E-state index contributed by atoms with van der Waals surface area (Å²) in [5, 5.41) is 11.3. The van der Waals surface area contributed by atoms with Gasteiger partial charge in [-0.05, 0) is 43.0 Å². The van der Waals surface area contributed by atoms with Crippen LogP contribution >= 0.6 is 11.6 Å². The lowest BCUT2D eigenvalue weighted by molar-refractivity contribution is 0.00807. The highest BCUT2D eigenvalue weighted by atomic mass is 35.5. The van der Waals surface area contributed by atoms with Crippen LogP contribution in [0.15, 0.2) is 0 Å². The van der Waals surface area contributed by atoms with Crippen LogP contribution < -0.4 is 0 Å². The predicted molar refractivity (Wildman–Crippen MR) is 60.3 cm³/mol. The molecule has 0 spiro atoms. The number of tetrazole rings is 1. The number of nitrogens with zero attached hydrogens (tertiary/aromatic N) is 4. The van der Waals surface area contributed by atoms with Gasteiger partial charge >= 0.3 is 0 Å². The normalized spacial score (nSPS) is 23.2. The zero-order chi connectivity index (χ0) is 11.4. The van der Waals surface area contributed by atoms with Gasteiger partial charge < -0.3 is 4.74 Å². The van der Waals surface area contributed by atoms with Crippen molar-refractivity contribution in [3.05, 3.63) is 5.82 Å². The molecule has 1 aliphatic rings. The van der Waals surface area contributed by atoms with Crippen molar-refractivity contribution in [1.82, 2.24) is 20.2 Å². The fraction of sp³-hybridized carbons (Fsp3) is 0.900. The van der Waals surface area contributed by atoms with Crippen LogP contribution in [0.5, 0.6) is 0 Å². The molecule has 1 aromatic heterocycles. The molecule has 1 aromatic rings. The van der Waals surface area contributed by atoms with Crippen molar-refractivity contribution >= 4 is 11.6 Å². The molecule has 0 radical (unpaired) electrons. The van der Waals surface area contributed by atoms with E-state index >= 15 is 0 Å². The molecular weight excluding hydrogens is 228 g/mol. The van der Waals surface area contributed by atoms with E-state index in [0.29, 0.717) is 6.10 Å². The van der Waals surface area contributed by atoms with E-state index in [0.717, 1.165) is 31.8 Å². The lowest BCUT2D eigenvalue weighted by Gasteiger charge is -2.22. The molecule has 16 heavy (non-hydrogen) atoms. The molecule has 90 valence electrons. The van der Waals surface area contributed by atoms with Crippen LogP contribution in [0.25, 0.3) is 0 Å². The van der Waals surface area contributed by atoms with Gasteiger partial charge in [0.2, 0.25) is 0 Å². The molecule has 0 aliphatic carbocycles. The Morgan fingerprint density at radius 2 is 2.44 bits per heavy atom. The SMILES string of the molecule is CC(Cl)c1nnnn1CCC1CCCCO1. The van der Waals surface area contributed by atoms with Gasteiger partial charge in [-0.2, -0.15) is 0 Å². The Morgan fingerprint density at radius 1 is 1.56 bits per heavy atom. The fourth-order valence-corrected chi connectivity index (χ4v) is 2.11. The van der Waals surface area contributed by atoms with Crippen molar-refractivity contribution in [1.29, 1.82) is 0 Å². The fourth-order valence-electron chi connectivity index (χ4n) is 1.96. The molecule has 0 saturated carbocycles. The lowest BCUT2D eigenvalue weighted by atomic mass is 10.1. The second-order valence-corrected chi connectivity index (χ2v) is 4.81. The maximum Gasteiger partial charge on any atom is 0.168 e. The Hall–Kier alpha value is -0.680. The van der Waals surface area contributed by atoms with Crippen molar-refractivity contribution in [2.75, 3.05) is 6.61 Å². The van der Waals surface area contributed by atoms with Gasteiger partial charge in [0.05, 0.1) is 11.5 Å². The molecule has 0 aromatic carbocycles. The highest BCUT2D eigenvalue weighted by molar-refractivity contribution is 6.20. The van der Waals surface area contributed by atoms with Gasteiger partial charge in [-0.1, -0.05) is 0 Å².